The number of anilines is 1. The first kappa shape index (κ1) is 18.4. The molecule has 2 aromatic carbocycles. The van der Waals surface area contributed by atoms with Crippen molar-refractivity contribution >= 4 is 42.7 Å². The lowest BCUT2D eigenvalue weighted by Crippen LogP contribution is -2.49. The van der Waals surface area contributed by atoms with E-state index in [1.54, 1.807) is 10.4 Å². The molecular formula is C20H20BrN3O2S. The first-order valence-corrected chi connectivity index (χ1v) is 11.1. The Morgan fingerprint density at radius 3 is 2.48 bits per heavy atom. The zero-order valence-corrected chi connectivity index (χ0v) is 17.4. The minimum atomic E-state index is -3.50. The SMILES string of the molecule is Cc1ccc(Br)cc1S(=O)(=O)N1CCN(c2ccc3ccccc3n2)CC1. The molecule has 1 aromatic heterocycles. The van der Waals surface area contributed by atoms with Gasteiger partial charge in [-0.3, -0.25) is 0 Å². The third-order valence-electron chi connectivity index (χ3n) is 4.91. The number of aromatic nitrogens is 1. The molecule has 3 aromatic rings. The molecule has 0 N–H and O–H groups in total. The minimum Gasteiger partial charge on any atom is -0.354 e. The molecule has 0 aliphatic carbocycles. The predicted octanol–water partition coefficient (Wildman–Crippen LogP) is 3.82. The average Bonchev–Trinajstić information content (AvgIpc) is 2.69. The Kier molecular flexibility index (Phi) is 4.92. The Morgan fingerprint density at radius 1 is 0.963 bits per heavy atom. The second-order valence-corrected chi connectivity index (χ2v) is 9.49. The summed E-state index contributed by atoms with van der Waals surface area (Å²) in [6.07, 6.45) is 0. The number of pyridine rings is 1. The van der Waals surface area contributed by atoms with Crippen molar-refractivity contribution in [3.05, 3.63) is 64.6 Å². The fourth-order valence-electron chi connectivity index (χ4n) is 3.38. The number of hydrogen-bond donors (Lipinski definition) is 0. The van der Waals surface area contributed by atoms with E-state index in [0.29, 0.717) is 31.1 Å². The summed E-state index contributed by atoms with van der Waals surface area (Å²) in [6, 6.07) is 17.4. The van der Waals surface area contributed by atoms with Gasteiger partial charge in [0.25, 0.3) is 0 Å². The molecule has 0 bridgehead atoms. The van der Waals surface area contributed by atoms with Gasteiger partial charge in [-0.15, -0.1) is 0 Å². The van der Waals surface area contributed by atoms with Crippen LogP contribution in [0.4, 0.5) is 5.82 Å². The maximum atomic E-state index is 13.0. The van der Waals surface area contributed by atoms with E-state index in [2.05, 4.69) is 26.9 Å². The smallest absolute Gasteiger partial charge is 0.243 e. The van der Waals surface area contributed by atoms with Crippen LogP contribution in [0.5, 0.6) is 0 Å². The third kappa shape index (κ3) is 3.59. The van der Waals surface area contributed by atoms with Crippen molar-refractivity contribution in [1.29, 1.82) is 0 Å². The van der Waals surface area contributed by atoms with Crippen LogP contribution in [0.2, 0.25) is 0 Å². The molecule has 5 nitrogen and oxygen atoms in total. The van der Waals surface area contributed by atoms with E-state index in [0.717, 1.165) is 26.8 Å². The van der Waals surface area contributed by atoms with Crippen molar-refractivity contribution < 1.29 is 8.42 Å². The summed E-state index contributed by atoms with van der Waals surface area (Å²) >= 11 is 3.37. The van der Waals surface area contributed by atoms with Gasteiger partial charge in [-0.2, -0.15) is 4.31 Å². The summed E-state index contributed by atoms with van der Waals surface area (Å²) in [5, 5.41) is 1.10. The number of halogens is 1. The number of benzene rings is 2. The molecule has 0 saturated carbocycles. The fraction of sp³-hybridized carbons (Fsp3) is 0.250. The summed E-state index contributed by atoms with van der Waals surface area (Å²) < 4.78 is 28.4. The molecule has 0 spiro atoms. The van der Waals surface area contributed by atoms with Crippen LogP contribution in [-0.2, 0) is 10.0 Å². The number of aryl methyl sites for hydroxylation is 1. The van der Waals surface area contributed by atoms with Gasteiger partial charge in [-0.05, 0) is 42.8 Å². The van der Waals surface area contributed by atoms with Gasteiger partial charge in [0.1, 0.15) is 5.82 Å². The third-order valence-corrected chi connectivity index (χ3v) is 7.45. The van der Waals surface area contributed by atoms with Crippen molar-refractivity contribution in [2.24, 2.45) is 0 Å². The number of rotatable bonds is 3. The molecule has 7 heteroatoms. The highest BCUT2D eigenvalue weighted by Crippen LogP contribution is 2.26. The second kappa shape index (κ2) is 7.22. The van der Waals surface area contributed by atoms with E-state index in [1.165, 1.54) is 0 Å². The summed E-state index contributed by atoms with van der Waals surface area (Å²) in [4.78, 5) is 7.24. The van der Waals surface area contributed by atoms with Crippen LogP contribution in [0, 0.1) is 6.92 Å². The molecule has 1 aliphatic rings. The number of fused-ring (bicyclic) bond motifs is 1. The molecule has 4 rings (SSSR count). The van der Waals surface area contributed by atoms with E-state index in [-0.39, 0.29) is 0 Å². The summed E-state index contributed by atoms with van der Waals surface area (Å²) in [7, 11) is -3.50. The van der Waals surface area contributed by atoms with Crippen LogP contribution in [0.15, 0.2) is 64.0 Å². The lowest BCUT2D eigenvalue weighted by atomic mass is 10.2. The Bertz CT molecular complexity index is 1090. The van der Waals surface area contributed by atoms with E-state index in [4.69, 9.17) is 4.98 Å². The number of sulfonamides is 1. The standard InChI is InChI=1S/C20H20BrN3O2S/c1-15-6-8-17(21)14-19(15)27(25,26)24-12-10-23(11-13-24)20-9-7-16-4-2-3-5-18(16)22-20/h2-9,14H,10-13H2,1H3. The van der Waals surface area contributed by atoms with Crippen molar-refractivity contribution in [2.45, 2.75) is 11.8 Å². The predicted molar refractivity (Wildman–Crippen MR) is 112 cm³/mol. The molecule has 1 fully saturated rings. The van der Waals surface area contributed by atoms with Crippen molar-refractivity contribution in [3.8, 4) is 0 Å². The zero-order chi connectivity index (χ0) is 19.0. The lowest BCUT2D eigenvalue weighted by Gasteiger charge is -2.35. The van der Waals surface area contributed by atoms with Crippen LogP contribution in [0.25, 0.3) is 10.9 Å². The largest absolute Gasteiger partial charge is 0.354 e. The van der Waals surface area contributed by atoms with Crippen molar-refractivity contribution in [1.82, 2.24) is 9.29 Å². The van der Waals surface area contributed by atoms with Gasteiger partial charge in [0.15, 0.2) is 0 Å². The van der Waals surface area contributed by atoms with E-state index >= 15 is 0 Å². The summed E-state index contributed by atoms with van der Waals surface area (Å²) in [5.74, 6) is 0.893. The fourth-order valence-corrected chi connectivity index (χ4v) is 5.57. The van der Waals surface area contributed by atoms with Gasteiger partial charge in [0.2, 0.25) is 10.0 Å². The highest BCUT2D eigenvalue weighted by molar-refractivity contribution is 9.10. The number of piperazine rings is 1. The van der Waals surface area contributed by atoms with Crippen LogP contribution in [0.1, 0.15) is 5.56 Å². The Hall–Kier alpha value is -1.96. The zero-order valence-electron chi connectivity index (χ0n) is 15.0. The van der Waals surface area contributed by atoms with Gasteiger partial charge in [0.05, 0.1) is 10.4 Å². The normalized spacial score (nSPS) is 16.0. The number of hydrogen-bond acceptors (Lipinski definition) is 4. The Balaban J connectivity index is 1.53. The van der Waals surface area contributed by atoms with Crippen LogP contribution < -0.4 is 4.90 Å². The molecule has 1 saturated heterocycles. The van der Waals surface area contributed by atoms with Crippen molar-refractivity contribution in [2.75, 3.05) is 31.1 Å². The van der Waals surface area contributed by atoms with Crippen LogP contribution in [0.3, 0.4) is 0 Å². The van der Waals surface area contributed by atoms with E-state index in [9.17, 15) is 8.42 Å². The first-order valence-electron chi connectivity index (χ1n) is 8.82. The Morgan fingerprint density at radius 2 is 1.70 bits per heavy atom. The topological polar surface area (TPSA) is 53.5 Å². The van der Waals surface area contributed by atoms with Gasteiger partial charge in [-0.1, -0.05) is 40.2 Å². The molecule has 2 heterocycles. The molecule has 0 unspecified atom stereocenters. The molecule has 0 amide bonds. The van der Waals surface area contributed by atoms with Crippen LogP contribution in [-0.4, -0.2) is 43.9 Å². The maximum absolute atomic E-state index is 13.0. The highest BCUT2D eigenvalue weighted by atomic mass is 79.9. The van der Waals surface area contributed by atoms with Crippen LogP contribution >= 0.6 is 15.9 Å². The number of para-hydroxylation sites is 1. The molecule has 0 radical (unpaired) electrons. The quantitative estimate of drug-likeness (QED) is 0.614. The second-order valence-electron chi connectivity index (χ2n) is 6.66. The van der Waals surface area contributed by atoms with Gasteiger partial charge in [0, 0.05) is 36.0 Å². The summed E-state index contributed by atoms with van der Waals surface area (Å²) in [5.41, 5.74) is 1.71. The minimum absolute atomic E-state index is 0.370. The van der Waals surface area contributed by atoms with Crippen molar-refractivity contribution in [3.63, 3.8) is 0 Å². The molecule has 140 valence electrons. The summed E-state index contributed by atoms with van der Waals surface area (Å²) in [6.45, 7) is 3.97. The molecular weight excluding hydrogens is 426 g/mol. The Labute approximate surface area is 167 Å². The molecule has 0 atom stereocenters. The molecule has 27 heavy (non-hydrogen) atoms. The van der Waals surface area contributed by atoms with Gasteiger partial charge < -0.3 is 4.90 Å². The average molecular weight is 446 g/mol. The monoisotopic (exact) mass is 445 g/mol. The molecule has 1 aliphatic heterocycles. The lowest BCUT2D eigenvalue weighted by molar-refractivity contribution is 0.383. The maximum Gasteiger partial charge on any atom is 0.243 e. The highest BCUT2D eigenvalue weighted by Gasteiger charge is 2.30. The van der Waals surface area contributed by atoms with E-state index in [1.807, 2.05) is 49.4 Å². The van der Waals surface area contributed by atoms with E-state index < -0.39 is 10.0 Å². The van der Waals surface area contributed by atoms with Gasteiger partial charge in [-0.25, -0.2) is 13.4 Å². The first-order chi connectivity index (χ1) is 12.9. The number of nitrogens with zero attached hydrogens (tertiary/aromatic N) is 3. The van der Waals surface area contributed by atoms with Gasteiger partial charge >= 0.3 is 0 Å².